The van der Waals surface area contributed by atoms with Gasteiger partial charge in [0.2, 0.25) is 33.6 Å². The quantitative estimate of drug-likeness (QED) is 0.199. The zero-order valence-electron chi connectivity index (χ0n) is 34.8. The average molecular weight is 903 g/mol. The van der Waals surface area contributed by atoms with Gasteiger partial charge in [-0.05, 0) is 67.9 Å². The summed E-state index contributed by atoms with van der Waals surface area (Å²) in [6, 6.07) is 9.12. The van der Waals surface area contributed by atoms with Crippen molar-refractivity contribution in [2.24, 2.45) is 23.2 Å². The smallest absolute Gasteiger partial charge is 0.391 e. The third-order valence-electron chi connectivity index (χ3n) is 12.4. The molecule has 7 rings (SSSR count). The first-order chi connectivity index (χ1) is 29.2. The van der Waals surface area contributed by atoms with Crippen LogP contribution in [-0.2, 0) is 29.2 Å². The summed E-state index contributed by atoms with van der Waals surface area (Å²) < 4.78 is 80.2. The van der Waals surface area contributed by atoms with E-state index in [1.54, 1.807) is 63.4 Å². The van der Waals surface area contributed by atoms with E-state index in [0.717, 1.165) is 0 Å². The molecule has 0 spiro atoms. The molecule has 4 amide bonds. The summed E-state index contributed by atoms with van der Waals surface area (Å²) >= 11 is 6.81. The van der Waals surface area contributed by atoms with Crippen LogP contribution in [0.15, 0.2) is 55.3 Å². The number of nitrogens with zero attached hydrogens (tertiary/aromatic N) is 4. The zero-order valence-corrected chi connectivity index (χ0v) is 36.4. The van der Waals surface area contributed by atoms with Crippen molar-refractivity contribution in [3.63, 3.8) is 0 Å². The lowest BCUT2D eigenvalue weighted by Crippen LogP contribution is -2.57. The number of likely N-dealkylation sites (tertiary alicyclic amines) is 2. The van der Waals surface area contributed by atoms with Crippen LogP contribution >= 0.6 is 11.6 Å². The Bertz CT molecular complexity index is 2370. The molecule has 62 heavy (non-hydrogen) atoms. The molecular formula is C43H50ClF3N6O8S. The number of fused-ring (bicyclic) bond motifs is 1. The Hall–Kier alpha value is -4.97. The van der Waals surface area contributed by atoms with E-state index in [2.05, 4.69) is 21.6 Å². The molecule has 5 atom stereocenters. The number of sulfonamides is 1. The minimum absolute atomic E-state index is 0.0689. The van der Waals surface area contributed by atoms with Crippen LogP contribution in [0.25, 0.3) is 22.2 Å². The van der Waals surface area contributed by atoms with Gasteiger partial charge in [0.15, 0.2) is 0 Å². The number of hydrogen-bond acceptors (Lipinski definition) is 10. The maximum atomic E-state index is 14.9. The summed E-state index contributed by atoms with van der Waals surface area (Å²) in [6.45, 7) is 8.64. The molecule has 0 radical (unpaired) electrons. The summed E-state index contributed by atoms with van der Waals surface area (Å²) in [5.41, 5.74) is -1.61. The van der Waals surface area contributed by atoms with Crippen LogP contribution in [0.4, 0.5) is 13.2 Å². The van der Waals surface area contributed by atoms with E-state index >= 15 is 0 Å². The molecule has 334 valence electrons. The highest BCUT2D eigenvalue weighted by Gasteiger charge is 2.62. The number of carbonyl (C=O) groups excluding carboxylic acids is 4. The van der Waals surface area contributed by atoms with Crippen LogP contribution in [0.1, 0.15) is 65.7 Å². The largest absolute Gasteiger partial charge is 0.495 e. The molecule has 2 aliphatic heterocycles. The normalized spacial score (nSPS) is 23.7. The van der Waals surface area contributed by atoms with Crippen molar-refractivity contribution < 1.29 is 50.2 Å². The van der Waals surface area contributed by atoms with Crippen LogP contribution in [0.3, 0.4) is 0 Å². The van der Waals surface area contributed by atoms with Crippen LogP contribution in [0.2, 0.25) is 5.02 Å². The van der Waals surface area contributed by atoms with Crippen molar-refractivity contribution in [3.8, 4) is 23.0 Å². The number of amides is 4. The first-order valence-corrected chi connectivity index (χ1v) is 22.5. The number of rotatable bonds is 13. The highest BCUT2D eigenvalue weighted by molar-refractivity contribution is 7.91. The first-order valence-electron chi connectivity index (χ1n) is 20.6. The summed E-state index contributed by atoms with van der Waals surface area (Å²) in [4.78, 5) is 68.8. The Morgan fingerprint density at radius 2 is 1.76 bits per heavy atom. The Morgan fingerprint density at radius 1 is 1.05 bits per heavy atom. The number of alkyl halides is 3. The van der Waals surface area contributed by atoms with Crippen LogP contribution < -0.4 is 19.5 Å². The third kappa shape index (κ3) is 9.22. The summed E-state index contributed by atoms with van der Waals surface area (Å²) in [6.07, 6.45) is -2.26. The van der Waals surface area contributed by atoms with Gasteiger partial charge in [-0.15, -0.1) is 6.58 Å². The van der Waals surface area contributed by atoms with Gasteiger partial charge in [0.1, 0.15) is 23.4 Å². The van der Waals surface area contributed by atoms with Gasteiger partial charge in [-0.1, -0.05) is 44.5 Å². The highest BCUT2D eigenvalue weighted by Crippen LogP contribution is 2.46. The second-order valence-electron chi connectivity index (χ2n) is 17.7. The molecule has 1 aromatic carbocycles. The molecular weight excluding hydrogens is 853 g/mol. The molecule has 2 saturated heterocycles. The van der Waals surface area contributed by atoms with E-state index in [1.165, 1.54) is 23.0 Å². The number of hydrogen-bond donors (Lipinski definition) is 2. The van der Waals surface area contributed by atoms with E-state index in [9.17, 15) is 40.8 Å². The van der Waals surface area contributed by atoms with E-state index in [0.29, 0.717) is 40.8 Å². The number of aromatic nitrogens is 2. The summed E-state index contributed by atoms with van der Waals surface area (Å²) in [5.74, 6) is -5.38. The maximum absolute atomic E-state index is 14.9. The fourth-order valence-electron chi connectivity index (χ4n) is 8.41. The zero-order chi connectivity index (χ0) is 44.9. The van der Waals surface area contributed by atoms with E-state index < -0.39 is 85.9 Å². The summed E-state index contributed by atoms with van der Waals surface area (Å²) in [7, 11) is -2.50. The topological polar surface area (TPSA) is 177 Å². The van der Waals surface area contributed by atoms with Gasteiger partial charge >= 0.3 is 6.18 Å². The predicted octanol–water partition coefficient (Wildman–Crippen LogP) is 5.83. The number of methoxy groups -OCH3 is 1. The predicted molar refractivity (Wildman–Crippen MR) is 223 cm³/mol. The van der Waals surface area contributed by atoms with Crippen LogP contribution in [0, 0.1) is 23.2 Å². The van der Waals surface area contributed by atoms with Gasteiger partial charge in [-0.25, -0.2) is 13.4 Å². The van der Waals surface area contributed by atoms with Crippen molar-refractivity contribution in [3.05, 3.63) is 60.3 Å². The summed E-state index contributed by atoms with van der Waals surface area (Å²) in [5, 5.41) is 3.37. The number of ether oxygens (including phenoxy) is 2. The van der Waals surface area contributed by atoms with Gasteiger partial charge in [0.05, 0.1) is 47.2 Å². The van der Waals surface area contributed by atoms with Gasteiger partial charge in [-0.3, -0.25) is 28.9 Å². The number of pyridine rings is 2. The van der Waals surface area contributed by atoms with Gasteiger partial charge in [0, 0.05) is 48.8 Å². The Labute approximate surface area is 363 Å². The Morgan fingerprint density at radius 3 is 2.34 bits per heavy atom. The van der Waals surface area contributed by atoms with E-state index in [-0.39, 0.29) is 62.6 Å². The minimum atomic E-state index is -4.37. The van der Waals surface area contributed by atoms with E-state index in [4.69, 9.17) is 26.1 Å². The van der Waals surface area contributed by atoms with E-state index in [1.807, 2.05) is 0 Å². The fourth-order valence-corrected chi connectivity index (χ4v) is 10.1. The average Bonchev–Trinajstić information content (AvgIpc) is 4.16. The molecule has 2 aromatic heterocycles. The number of halogens is 4. The molecule has 4 aliphatic rings. The van der Waals surface area contributed by atoms with Crippen molar-refractivity contribution in [2.75, 3.05) is 26.7 Å². The molecule has 2 unspecified atom stereocenters. The lowest BCUT2D eigenvalue weighted by molar-refractivity contribution is -0.186. The minimum Gasteiger partial charge on any atom is -0.495 e. The Kier molecular flexibility index (Phi) is 12.3. The molecule has 14 nitrogen and oxygen atoms in total. The van der Waals surface area contributed by atoms with Gasteiger partial charge < -0.3 is 24.6 Å². The van der Waals surface area contributed by atoms with Crippen molar-refractivity contribution in [1.29, 1.82) is 0 Å². The number of benzene rings is 1. The molecule has 2 saturated carbocycles. The fraction of sp³-hybridized carbons (Fsp3) is 0.535. The molecule has 4 fully saturated rings. The van der Waals surface area contributed by atoms with Crippen LogP contribution in [-0.4, -0.2) is 108 Å². The van der Waals surface area contributed by atoms with Crippen LogP contribution in [0.5, 0.6) is 11.6 Å². The van der Waals surface area contributed by atoms with Gasteiger partial charge in [0.25, 0.3) is 5.91 Å². The van der Waals surface area contributed by atoms with Gasteiger partial charge in [-0.2, -0.15) is 13.2 Å². The highest BCUT2D eigenvalue weighted by atomic mass is 35.5. The lowest BCUT2D eigenvalue weighted by Gasteiger charge is -2.37. The number of carbonyl (C=O) groups is 4. The second-order valence-corrected chi connectivity index (χ2v) is 20.0. The van der Waals surface area contributed by atoms with Crippen molar-refractivity contribution >= 4 is 56.0 Å². The second kappa shape index (κ2) is 17.0. The lowest BCUT2D eigenvalue weighted by atomic mass is 9.77. The molecule has 3 aromatic rings. The SMILES string of the molecule is C=CC1CC1(NC(=O)[C@@H]1C[C@@H](Oc2nc(-c3ccccn3)cc3c(Cl)c(OC)ccc23)CN1C(=O)[C@@H](CC(=O)N1CCC(C(F)(F)F)CC1)C(C)(C)C)C(=O)NS(=O)(=O)C1CC1. The Balaban J connectivity index is 1.21. The third-order valence-corrected chi connectivity index (χ3v) is 14.6. The molecule has 2 aliphatic carbocycles. The molecule has 19 heteroatoms. The van der Waals surface area contributed by atoms with Crippen molar-refractivity contribution in [1.82, 2.24) is 29.8 Å². The first kappa shape index (κ1) is 45.1. The maximum Gasteiger partial charge on any atom is 0.391 e. The van der Waals surface area contributed by atoms with Crippen molar-refractivity contribution in [2.45, 2.75) is 94.8 Å². The molecule has 2 N–H and O–H groups in total. The monoisotopic (exact) mass is 902 g/mol. The number of piperidine rings is 1. The molecule has 4 heterocycles. The molecule has 0 bridgehead atoms. The standard InChI is InChI=1S/C43H50ClF3N6O8S/c1-6-24-22-42(24,40(57)51-62(58,59)27-10-11-27)50-37(55)33-19-26(61-38-28-12-13-34(60-5)36(44)29(28)20-32(49-38)31-9-7-8-16-48-31)23-53(33)39(56)30(41(2,3)4)21-35(54)52-17-14-25(15-18-52)43(45,46)47/h6-9,12-13,16,20,24-27,30,33H,1,10-11,14-15,17-19,21-23H2,2-5H3,(H,50,55)(H,51,57)/t24?,26-,30-,33+,42?/m1/s1. The number of nitrogens with one attached hydrogen (secondary N) is 2.